The molecule has 3 heterocycles. The van der Waals surface area contributed by atoms with E-state index in [1.165, 1.54) is 11.3 Å². The molecule has 0 saturated carbocycles. The smallest absolute Gasteiger partial charge is 0.338 e. The molecule has 204 valence electrons. The summed E-state index contributed by atoms with van der Waals surface area (Å²) in [6.07, 6.45) is 3.81. The number of rotatable bonds is 6. The van der Waals surface area contributed by atoms with E-state index in [1.807, 2.05) is 109 Å². The number of hydrogen-bond donors (Lipinski definition) is 0. The summed E-state index contributed by atoms with van der Waals surface area (Å²) in [5.41, 5.74) is 6.10. The van der Waals surface area contributed by atoms with Crippen LogP contribution in [0.25, 0.3) is 23.0 Å². The third kappa shape index (κ3) is 4.98. The molecule has 0 amide bonds. The number of aromatic nitrogens is 3. The quantitative estimate of drug-likeness (QED) is 0.275. The monoisotopic (exact) mass is 560 g/mol. The third-order valence-corrected chi connectivity index (χ3v) is 7.99. The van der Waals surface area contributed by atoms with E-state index < -0.39 is 12.0 Å². The lowest BCUT2D eigenvalue weighted by Gasteiger charge is -2.24. The zero-order chi connectivity index (χ0) is 28.5. The van der Waals surface area contributed by atoms with Crippen LogP contribution >= 0.6 is 11.3 Å². The van der Waals surface area contributed by atoms with Crippen LogP contribution in [0.15, 0.2) is 112 Å². The molecule has 7 nitrogen and oxygen atoms in total. The summed E-state index contributed by atoms with van der Waals surface area (Å²) in [4.78, 5) is 32.4. The molecule has 1 aliphatic rings. The van der Waals surface area contributed by atoms with E-state index in [1.54, 1.807) is 18.4 Å². The van der Waals surface area contributed by atoms with Crippen molar-refractivity contribution in [2.75, 3.05) is 6.61 Å². The van der Waals surface area contributed by atoms with Gasteiger partial charge in [0.1, 0.15) is 0 Å². The fourth-order valence-electron chi connectivity index (χ4n) is 5.03. The van der Waals surface area contributed by atoms with Crippen molar-refractivity contribution in [1.82, 2.24) is 14.3 Å². The summed E-state index contributed by atoms with van der Waals surface area (Å²) in [7, 11) is 0. The Labute approximate surface area is 241 Å². The number of nitrogens with zero attached hydrogens (tertiary/aromatic N) is 4. The van der Waals surface area contributed by atoms with Crippen molar-refractivity contribution in [3.63, 3.8) is 0 Å². The molecule has 0 unspecified atom stereocenters. The average molecular weight is 561 g/mol. The van der Waals surface area contributed by atoms with Gasteiger partial charge in [-0.2, -0.15) is 5.10 Å². The van der Waals surface area contributed by atoms with Gasteiger partial charge in [-0.25, -0.2) is 14.5 Å². The van der Waals surface area contributed by atoms with Crippen molar-refractivity contribution >= 4 is 23.4 Å². The zero-order valence-corrected chi connectivity index (χ0v) is 23.8. The summed E-state index contributed by atoms with van der Waals surface area (Å²) in [6, 6.07) is 26.9. The Morgan fingerprint density at radius 2 is 1.66 bits per heavy atom. The van der Waals surface area contributed by atoms with Gasteiger partial charge in [-0.05, 0) is 44.5 Å². The van der Waals surface area contributed by atoms with Gasteiger partial charge in [0.25, 0.3) is 5.56 Å². The van der Waals surface area contributed by atoms with Crippen LogP contribution < -0.4 is 14.9 Å². The van der Waals surface area contributed by atoms with Gasteiger partial charge in [-0.15, -0.1) is 0 Å². The van der Waals surface area contributed by atoms with Crippen LogP contribution in [0, 0.1) is 6.92 Å². The summed E-state index contributed by atoms with van der Waals surface area (Å²) >= 11 is 1.30. The number of aryl methyl sites for hydroxylation is 1. The van der Waals surface area contributed by atoms with E-state index >= 15 is 0 Å². The summed E-state index contributed by atoms with van der Waals surface area (Å²) in [5, 5.41) is 4.91. The van der Waals surface area contributed by atoms with Crippen molar-refractivity contribution in [2.45, 2.75) is 26.8 Å². The Bertz CT molecular complexity index is 1950. The third-order valence-electron chi connectivity index (χ3n) is 7.01. The van der Waals surface area contributed by atoms with Crippen molar-refractivity contribution in [3.8, 4) is 16.9 Å². The Morgan fingerprint density at radius 3 is 2.34 bits per heavy atom. The van der Waals surface area contributed by atoms with E-state index in [2.05, 4.69) is 0 Å². The highest BCUT2D eigenvalue weighted by Gasteiger charge is 2.33. The first-order valence-corrected chi connectivity index (χ1v) is 14.2. The normalized spacial score (nSPS) is 15.0. The molecule has 0 aliphatic carbocycles. The number of hydrogen-bond acceptors (Lipinski definition) is 6. The lowest BCUT2D eigenvalue weighted by atomic mass is 9.96. The molecule has 0 radical (unpaired) electrons. The number of carbonyl (C=O) groups is 1. The number of benzene rings is 3. The molecule has 5 aromatic rings. The second kappa shape index (κ2) is 11.0. The molecule has 2 aromatic heterocycles. The molecule has 6 rings (SSSR count). The minimum atomic E-state index is -0.641. The minimum Gasteiger partial charge on any atom is -0.463 e. The van der Waals surface area contributed by atoms with E-state index in [4.69, 9.17) is 14.8 Å². The number of para-hydroxylation sites is 1. The first kappa shape index (κ1) is 26.4. The second-order valence-electron chi connectivity index (χ2n) is 9.79. The largest absolute Gasteiger partial charge is 0.463 e. The standard InChI is InChI=1S/C33H28N4O3S/c1-4-40-32(39)28-22(3)34-33-37(30(28)24-11-7-5-8-12-24)31(38)27(41-33)19-25-20-36(26-13-9-6-10-14-26)35-29(25)23-17-15-21(2)16-18-23/h5-20,30H,4H2,1-3H3/b27-19-/t30-/m1/s1. The van der Waals surface area contributed by atoms with Gasteiger partial charge < -0.3 is 4.74 Å². The second-order valence-corrected chi connectivity index (χ2v) is 10.8. The average Bonchev–Trinajstić information content (AvgIpc) is 3.54. The van der Waals surface area contributed by atoms with Crippen LogP contribution in [0.3, 0.4) is 0 Å². The lowest BCUT2D eigenvalue weighted by molar-refractivity contribution is -0.139. The van der Waals surface area contributed by atoms with E-state index in [0.29, 0.717) is 20.6 Å². The zero-order valence-electron chi connectivity index (χ0n) is 22.9. The van der Waals surface area contributed by atoms with Crippen molar-refractivity contribution in [2.24, 2.45) is 4.99 Å². The highest BCUT2D eigenvalue weighted by Crippen LogP contribution is 2.31. The predicted molar refractivity (Wildman–Crippen MR) is 161 cm³/mol. The highest BCUT2D eigenvalue weighted by atomic mass is 32.1. The number of esters is 1. The molecule has 1 atom stereocenters. The number of allylic oxidation sites excluding steroid dienone is 1. The van der Waals surface area contributed by atoms with E-state index in [-0.39, 0.29) is 12.2 Å². The van der Waals surface area contributed by atoms with Crippen LogP contribution in [0.4, 0.5) is 0 Å². The first-order valence-electron chi connectivity index (χ1n) is 13.4. The minimum absolute atomic E-state index is 0.223. The van der Waals surface area contributed by atoms with Gasteiger partial charge in [0.15, 0.2) is 4.80 Å². The van der Waals surface area contributed by atoms with Crippen molar-refractivity contribution in [3.05, 3.63) is 139 Å². The van der Waals surface area contributed by atoms with E-state index in [9.17, 15) is 9.59 Å². The summed E-state index contributed by atoms with van der Waals surface area (Å²) in [5.74, 6) is -0.470. The molecule has 1 aliphatic heterocycles. The van der Waals surface area contributed by atoms with Crippen molar-refractivity contribution in [1.29, 1.82) is 0 Å². The van der Waals surface area contributed by atoms with E-state index in [0.717, 1.165) is 33.6 Å². The molecular formula is C33H28N4O3S. The molecule has 0 fully saturated rings. The molecule has 8 heteroatoms. The summed E-state index contributed by atoms with van der Waals surface area (Å²) in [6.45, 7) is 5.83. The van der Waals surface area contributed by atoms with Crippen LogP contribution in [0.5, 0.6) is 0 Å². The van der Waals surface area contributed by atoms with Crippen molar-refractivity contribution < 1.29 is 9.53 Å². The fourth-order valence-corrected chi connectivity index (χ4v) is 6.06. The molecular weight excluding hydrogens is 532 g/mol. The van der Waals surface area contributed by atoms with Crippen LogP contribution in [0.2, 0.25) is 0 Å². The van der Waals surface area contributed by atoms with Gasteiger partial charge >= 0.3 is 5.97 Å². The molecule has 3 aromatic carbocycles. The molecule has 0 bridgehead atoms. The predicted octanol–water partition coefficient (Wildman–Crippen LogP) is 4.96. The number of ether oxygens (including phenoxy) is 1. The number of carbonyl (C=O) groups excluding carboxylic acids is 1. The van der Waals surface area contributed by atoms with Crippen LogP contribution in [-0.4, -0.2) is 26.9 Å². The summed E-state index contributed by atoms with van der Waals surface area (Å²) < 4.78 is 9.33. The maximum absolute atomic E-state index is 14.1. The molecule has 0 saturated heterocycles. The van der Waals surface area contributed by atoms with Gasteiger partial charge in [-0.3, -0.25) is 9.36 Å². The molecule has 41 heavy (non-hydrogen) atoms. The van der Waals surface area contributed by atoms with Gasteiger partial charge in [0, 0.05) is 17.3 Å². The Balaban J connectivity index is 1.56. The van der Waals surface area contributed by atoms with Crippen LogP contribution in [-0.2, 0) is 9.53 Å². The first-order chi connectivity index (χ1) is 19.9. The number of fused-ring (bicyclic) bond motifs is 1. The Hall–Kier alpha value is -4.82. The lowest BCUT2D eigenvalue weighted by Crippen LogP contribution is -2.39. The maximum Gasteiger partial charge on any atom is 0.338 e. The Kier molecular flexibility index (Phi) is 7.07. The molecule has 0 N–H and O–H groups in total. The topological polar surface area (TPSA) is 78.5 Å². The van der Waals surface area contributed by atoms with Gasteiger partial charge in [0.05, 0.1) is 39.8 Å². The fraction of sp³-hybridized carbons (Fsp3) is 0.152. The van der Waals surface area contributed by atoms with Gasteiger partial charge in [-0.1, -0.05) is 89.7 Å². The van der Waals surface area contributed by atoms with Crippen LogP contribution in [0.1, 0.15) is 36.6 Å². The molecule has 0 spiro atoms. The SMILES string of the molecule is CCOC(=O)C1=C(C)N=c2s/c(=C\c3cn(-c4ccccc4)nc3-c3ccc(C)cc3)c(=O)n2[C@@H]1c1ccccc1. The Morgan fingerprint density at radius 1 is 0.976 bits per heavy atom. The number of thiazole rings is 1. The van der Waals surface area contributed by atoms with Gasteiger partial charge in [0.2, 0.25) is 0 Å². The maximum atomic E-state index is 14.1. The highest BCUT2D eigenvalue weighted by molar-refractivity contribution is 7.07.